The first-order valence-electron chi connectivity index (χ1n) is 10.9. The molecule has 0 atom stereocenters. The van der Waals surface area contributed by atoms with Crippen LogP contribution in [0.4, 0.5) is 25.0 Å². The topological polar surface area (TPSA) is 52.6 Å². The normalized spacial score (nSPS) is 13.8. The van der Waals surface area contributed by atoms with Gasteiger partial charge in [-0.3, -0.25) is 9.69 Å². The molecule has 4 rings (SSSR count). The molecule has 1 fully saturated rings. The molecule has 0 saturated carbocycles. The number of carbonyl (C=O) groups is 2. The molecular weight excluding hydrogens is 424 g/mol. The molecule has 0 unspecified atom stereocenters. The van der Waals surface area contributed by atoms with Gasteiger partial charge in [0, 0.05) is 24.7 Å². The number of halogens is 2. The average Bonchev–Trinajstić information content (AvgIpc) is 2.78. The molecule has 0 aromatic heterocycles. The molecule has 3 aromatic rings. The van der Waals surface area contributed by atoms with E-state index < -0.39 is 11.6 Å². The zero-order valence-corrected chi connectivity index (χ0v) is 18.4. The Balaban J connectivity index is 1.54. The van der Waals surface area contributed by atoms with Gasteiger partial charge in [-0.05, 0) is 42.7 Å². The number of aryl methyl sites for hydroxylation is 1. The Hall–Kier alpha value is -3.74. The van der Waals surface area contributed by atoms with E-state index in [2.05, 4.69) is 5.32 Å². The van der Waals surface area contributed by atoms with E-state index in [-0.39, 0.29) is 30.5 Å². The molecule has 7 heteroatoms. The van der Waals surface area contributed by atoms with Crippen LogP contribution in [-0.2, 0) is 17.8 Å². The second kappa shape index (κ2) is 9.81. The maximum atomic E-state index is 14.1. The fraction of sp³-hybridized carbons (Fsp3) is 0.231. The van der Waals surface area contributed by atoms with Crippen molar-refractivity contribution in [3.63, 3.8) is 0 Å². The Bertz CT molecular complexity index is 1170. The van der Waals surface area contributed by atoms with Gasteiger partial charge in [-0.1, -0.05) is 42.5 Å². The lowest BCUT2D eigenvalue weighted by atomic mass is 10.1. The minimum absolute atomic E-state index is 0.0447. The summed E-state index contributed by atoms with van der Waals surface area (Å²) in [6.45, 7) is 2.90. The second-order valence-corrected chi connectivity index (χ2v) is 8.18. The first kappa shape index (κ1) is 22.5. The zero-order valence-electron chi connectivity index (χ0n) is 18.4. The standard InChI is InChI=1S/C26H25F2N3O2/c1-18-8-11-24(23(14-18)29-25(32)15-19-6-3-2-4-7-19)31-13-5-12-30(26(31)33)17-20-9-10-21(27)16-22(20)28/h2-4,6-11,14,16H,5,12-13,15,17H2,1H3,(H,29,32). The van der Waals surface area contributed by atoms with Crippen molar-refractivity contribution in [1.82, 2.24) is 4.90 Å². The number of hydrogen-bond acceptors (Lipinski definition) is 2. The van der Waals surface area contributed by atoms with E-state index in [0.29, 0.717) is 30.9 Å². The number of anilines is 2. The Morgan fingerprint density at radius 3 is 2.55 bits per heavy atom. The molecule has 1 aliphatic heterocycles. The second-order valence-electron chi connectivity index (χ2n) is 8.18. The van der Waals surface area contributed by atoms with Crippen molar-refractivity contribution in [2.75, 3.05) is 23.3 Å². The fourth-order valence-electron chi connectivity index (χ4n) is 3.97. The highest BCUT2D eigenvalue weighted by Crippen LogP contribution is 2.30. The van der Waals surface area contributed by atoms with E-state index in [1.165, 1.54) is 17.0 Å². The van der Waals surface area contributed by atoms with E-state index in [0.717, 1.165) is 17.2 Å². The van der Waals surface area contributed by atoms with Crippen molar-refractivity contribution in [3.8, 4) is 0 Å². The number of nitrogens with one attached hydrogen (secondary N) is 1. The van der Waals surface area contributed by atoms with Gasteiger partial charge in [-0.25, -0.2) is 13.6 Å². The number of nitrogens with zero attached hydrogens (tertiary/aromatic N) is 2. The van der Waals surface area contributed by atoms with Crippen LogP contribution in [0.25, 0.3) is 0 Å². The summed E-state index contributed by atoms with van der Waals surface area (Å²) in [5.74, 6) is -1.51. The number of rotatable bonds is 6. The lowest BCUT2D eigenvalue weighted by molar-refractivity contribution is -0.115. The Labute approximate surface area is 191 Å². The van der Waals surface area contributed by atoms with Gasteiger partial charge in [0.15, 0.2) is 0 Å². The summed E-state index contributed by atoms with van der Waals surface area (Å²) in [6, 6.07) is 18.0. The van der Waals surface area contributed by atoms with Crippen LogP contribution in [0.1, 0.15) is 23.1 Å². The first-order valence-corrected chi connectivity index (χ1v) is 10.9. The quantitative estimate of drug-likeness (QED) is 0.556. The summed E-state index contributed by atoms with van der Waals surface area (Å²) in [5, 5.41) is 2.94. The number of amides is 3. The molecular formula is C26H25F2N3O2. The molecule has 3 amide bonds. The van der Waals surface area contributed by atoms with Crippen LogP contribution < -0.4 is 10.2 Å². The lowest BCUT2D eigenvalue weighted by Gasteiger charge is -2.36. The number of benzene rings is 3. The van der Waals surface area contributed by atoms with Crippen molar-refractivity contribution in [2.45, 2.75) is 26.3 Å². The molecule has 33 heavy (non-hydrogen) atoms. The van der Waals surface area contributed by atoms with E-state index in [9.17, 15) is 18.4 Å². The molecule has 0 bridgehead atoms. The molecule has 0 radical (unpaired) electrons. The summed E-state index contributed by atoms with van der Waals surface area (Å²) in [4.78, 5) is 29.1. The van der Waals surface area contributed by atoms with E-state index >= 15 is 0 Å². The third kappa shape index (κ3) is 5.37. The predicted octanol–water partition coefficient (Wildman–Crippen LogP) is 5.29. The van der Waals surface area contributed by atoms with Crippen LogP contribution in [0, 0.1) is 18.6 Å². The summed E-state index contributed by atoms with van der Waals surface area (Å²) in [5.41, 5.74) is 3.25. The molecule has 1 saturated heterocycles. The third-order valence-electron chi connectivity index (χ3n) is 5.61. The highest BCUT2D eigenvalue weighted by molar-refractivity contribution is 6.01. The van der Waals surface area contributed by atoms with Gasteiger partial charge in [0.25, 0.3) is 0 Å². The van der Waals surface area contributed by atoms with Gasteiger partial charge >= 0.3 is 6.03 Å². The van der Waals surface area contributed by atoms with Gasteiger partial charge in [0.2, 0.25) is 5.91 Å². The summed E-state index contributed by atoms with van der Waals surface area (Å²) in [7, 11) is 0. The average molecular weight is 450 g/mol. The van der Waals surface area contributed by atoms with Crippen molar-refractivity contribution in [3.05, 3.63) is 95.1 Å². The molecule has 0 aliphatic carbocycles. The fourth-order valence-corrected chi connectivity index (χ4v) is 3.97. The van der Waals surface area contributed by atoms with Crippen molar-refractivity contribution >= 4 is 23.3 Å². The maximum Gasteiger partial charge on any atom is 0.324 e. The molecule has 5 nitrogen and oxygen atoms in total. The summed E-state index contributed by atoms with van der Waals surface area (Å²) in [6.07, 6.45) is 0.901. The van der Waals surface area contributed by atoms with Gasteiger partial charge in [-0.2, -0.15) is 0 Å². The number of urea groups is 1. The van der Waals surface area contributed by atoms with E-state index in [1.807, 2.05) is 55.5 Å². The Morgan fingerprint density at radius 2 is 1.79 bits per heavy atom. The van der Waals surface area contributed by atoms with Gasteiger partial charge in [-0.15, -0.1) is 0 Å². The smallest absolute Gasteiger partial charge is 0.324 e. The van der Waals surface area contributed by atoms with Crippen molar-refractivity contribution < 1.29 is 18.4 Å². The molecule has 1 N–H and O–H groups in total. The monoisotopic (exact) mass is 449 g/mol. The number of carbonyl (C=O) groups excluding carboxylic acids is 2. The zero-order chi connectivity index (χ0) is 23.4. The van der Waals surface area contributed by atoms with E-state index in [4.69, 9.17) is 0 Å². The molecule has 3 aromatic carbocycles. The Kier molecular flexibility index (Phi) is 6.68. The highest BCUT2D eigenvalue weighted by Gasteiger charge is 2.29. The largest absolute Gasteiger partial charge is 0.324 e. The van der Waals surface area contributed by atoms with Crippen molar-refractivity contribution in [1.29, 1.82) is 0 Å². The SMILES string of the molecule is Cc1ccc(N2CCCN(Cc3ccc(F)cc3F)C2=O)c(NC(=O)Cc2ccccc2)c1. The van der Waals surface area contributed by atoms with Gasteiger partial charge < -0.3 is 10.2 Å². The van der Waals surface area contributed by atoms with Crippen LogP contribution in [0.3, 0.4) is 0 Å². The summed E-state index contributed by atoms with van der Waals surface area (Å²) < 4.78 is 27.4. The van der Waals surface area contributed by atoms with Crippen LogP contribution in [0.15, 0.2) is 66.7 Å². The minimum atomic E-state index is -0.677. The van der Waals surface area contributed by atoms with Crippen LogP contribution in [0.2, 0.25) is 0 Å². The maximum absolute atomic E-state index is 14.1. The predicted molar refractivity (Wildman–Crippen MR) is 124 cm³/mol. The molecule has 0 spiro atoms. The molecule has 1 aliphatic rings. The third-order valence-corrected chi connectivity index (χ3v) is 5.61. The van der Waals surface area contributed by atoms with Crippen LogP contribution in [0.5, 0.6) is 0 Å². The van der Waals surface area contributed by atoms with Gasteiger partial charge in [0.1, 0.15) is 11.6 Å². The summed E-state index contributed by atoms with van der Waals surface area (Å²) >= 11 is 0. The lowest BCUT2D eigenvalue weighted by Crippen LogP contribution is -2.49. The molecule has 170 valence electrons. The van der Waals surface area contributed by atoms with Crippen molar-refractivity contribution in [2.24, 2.45) is 0 Å². The van der Waals surface area contributed by atoms with E-state index in [1.54, 1.807) is 4.90 Å². The van der Waals surface area contributed by atoms with Gasteiger partial charge in [0.05, 0.1) is 24.3 Å². The number of hydrogen-bond donors (Lipinski definition) is 1. The van der Waals surface area contributed by atoms with Crippen LogP contribution >= 0.6 is 0 Å². The molecule has 1 heterocycles. The first-order chi connectivity index (χ1) is 15.9. The Morgan fingerprint density at radius 1 is 1.00 bits per heavy atom. The minimum Gasteiger partial charge on any atom is -0.324 e. The van der Waals surface area contributed by atoms with Crippen LogP contribution in [-0.4, -0.2) is 29.9 Å². The highest BCUT2D eigenvalue weighted by atomic mass is 19.1.